The Kier molecular flexibility index (Phi) is 3.57. The number of benzene rings is 1. The topological polar surface area (TPSA) is 20.2 Å². The van der Waals surface area contributed by atoms with E-state index in [1.54, 1.807) is 13.8 Å². The lowest BCUT2D eigenvalue weighted by molar-refractivity contribution is -0.193. The third-order valence-corrected chi connectivity index (χ3v) is 2.50. The summed E-state index contributed by atoms with van der Waals surface area (Å²) < 4.78 is 49.8. The van der Waals surface area contributed by atoms with Gasteiger partial charge >= 0.3 is 12.3 Å². The summed E-state index contributed by atoms with van der Waals surface area (Å²) in [6.45, 7) is 3.42. The number of aliphatic hydroxyl groups is 1. The van der Waals surface area contributed by atoms with Crippen LogP contribution in [0.5, 0.6) is 0 Å². The first-order valence-electron chi connectivity index (χ1n) is 4.68. The largest absolute Gasteiger partial charge is 0.382 e. The van der Waals surface area contributed by atoms with Crippen LogP contribution in [-0.2, 0) is 0 Å². The van der Waals surface area contributed by atoms with Gasteiger partial charge in [0.25, 0.3) is 0 Å². The predicted molar refractivity (Wildman–Crippen MR) is 51.8 cm³/mol. The lowest BCUT2D eigenvalue weighted by Gasteiger charge is -2.22. The molecule has 1 N–H and O–H groups in total. The minimum absolute atomic E-state index is 0.201. The first-order valence-corrected chi connectivity index (χ1v) is 4.68. The molecular formula is C11H12F4O. The highest BCUT2D eigenvalue weighted by molar-refractivity contribution is 5.31. The highest BCUT2D eigenvalue weighted by Gasteiger charge is 2.48. The molecule has 0 saturated carbocycles. The van der Waals surface area contributed by atoms with E-state index in [-0.39, 0.29) is 5.56 Å². The van der Waals surface area contributed by atoms with Gasteiger partial charge in [0, 0.05) is 0 Å². The van der Waals surface area contributed by atoms with Crippen LogP contribution in [0.1, 0.15) is 22.8 Å². The maximum atomic E-state index is 12.9. The summed E-state index contributed by atoms with van der Waals surface area (Å²) >= 11 is 0. The Morgan fingerprint density at radius 1 is 1.12 bits per heavy atom. The molecule has 90 valence electrons. The molecular weight excluding hydrogens is 224 g/mol. The number of aryl methyl sites for hydroxylation is 2. The van der Waals surface area contributed by atoms with Gasteiger partial charge in [-0.2, -0.15) is 8.78 Å². The molecule has 0 aliphatic heterocycles. The van der Waals surface area contributed by atoms with Crippen molar-refractivity contribution in [3.63, 3.8) is 0 Å². The fraction of sp³-hybridized carbons (Fsp3) is 0.455. The zero-order chi connectivity index (χ0) is 12.5. The molecule has 1 aromatic carbocycles. The summed E-state index contributed by atoms with van der Waals surface area (Å²) in [5.41, 5.74) is 1.31. The SMILES string of the molecule is Cc1ccc(C(O)C(F)(F)C(F)F)cc1C. The molecule has 1 nitrogen and oxygen atoms in total. The molecule has 1 rings (SSSR count). The third-order valence-electron chi connectivity index (χ3n) is 2.50. The number of aliphatic hydroxyl groups excluding tert-OH is 1. The van der Waals surface area contributed by atoms with Crippen LogP contribution >= 0.6 is 0 Å². The Bertz CT molecular complexity index is 376. The zero-order valence-electron chi connectivity index (χ0n) is 8.85. The minimum atomic E-state index is -4.43. The molecule has 0 bridgehead atoms. The smallest absolute Gasteiger partial charge is 0.336 e. The van der Waals surface area contributed by atoms with E-state index in [2.05, 4.69) is 0 Å². The third kappa shape index (κ3) is 2.35. The van der Waals surface area contributed by atoms with Crippen molar-refractivity contribution in [1.82, 2.24) is 0 Å². The van der Waals surface area contributed by atoms with Crippen LogP contribution in [0.25, 0.3) is 0 Å². The number of hydrogen-bond acceptors (Lipinski definition) is 1. The van der Waals surface area contributed by atoms with Gasteiger partial charge in [0.1, 0.15) is 6.10 Å². The lowest BCUT2D eigenvalue weighted by atomic mass is 9.99. The number of hydrogen-bond donors (Lipinski definition) is 1. The molecule has 1 aromatic rings. The quantitative estimate of drug-likeness (QED) is 0.799. The van der Waals surface area contributed by atoms with Crippen molar-refractivity contribution in [2.24, 2.45) is 0 Å². The van der Waals surface area contributed by atoms with E-state index in [4.69, 9.17) is 0 Å². The molecule has 0 aliphatic rings. The van der Waals surface area contributed by atoms with Gasteiger partial charge in [-0.25, -0.2) is 8.78 Å². The van der Waals surface area contributed by atoms with E-state index in [1.807, 2.05) is 0 Å². The summed E-state index contributed by atoms with van der Waals surface area (Å²) in [4.78, 5) is 0. The van der Waals surface area contributed by atoms with Gasteiger partial charge in [-0.15, -0.1) is 0 Å². The van der Waals surface area contributed by atoms with Crippen LogP contribution in [0.3, 0.4) is 0 Å². The van der Waals surface area contributed by atoms with Crippen molar-refractivity contribution in [2.75, 3.05) is 0 Å². The van der Waals surface area contributed by atoms with Crippen LogP contribution in [-0.4, -0.2) is 17.5 Å². The van der Waals surface area contributed by atoms with E-state index in [0.29, 0.717) is 5.56 Å². The average molecular weight is 236 g/mol. The molecule has 0 aliphatic carbocycles. The molecule has 1 unspecified atom stereocenters. The highest BCUT2D eigenvalue weighted by Crippen LogP contribution is 2.36. The van der Waals surface area contributed by atoms with Crippen molar-refractivity contribution in [3.05, 3.63) is 34.9 Å². The van der Waals surface area contributed by atoms with Crippen LogP contribution in [0.4, 0.5) is 17.6 Å². The molecule has 0 radical (unpaired) electrons. The van der Waals surface area contributed by atoms with Gasteiger partial charge in [0.05, 0.1) is 0 Å². The number of rotatable bonds is 3. The lowest BCUT2D eigenvalue weighted by Crippen LogP contribution is -2.34. The van der Waals surface area contributed by atoms with Crippen molar-refractivity contribution in [2.45, 2.75) is 32.3 Å². The monoisotopic (exact) mass is 236 g/mol. The molecule has 1 atom stereocenters. The first-order chi connectivity index (χ1) is 7.26. The van der Waals surface area contributed by atoms with Crippen LogP contribution in [0.15, 0.2) is 18.2 Å². The average Bonchev–Trinajstić information content (AvgIpc) is 2.20. The standard InChI is InChI=1S/C11H12F4O/c1-6-3-4-8(5-7(6)2)9(16)11(14,15)10(12)13/h3-5,9-10,16H,1-2H3. The Morgan fingerprint density at radius 3 is 2.12 bits per heavy atom. The van der Waals surface area contributed by atoms with Gasteiger partial charge in [0.2, 0.25) is 0 Å². The Morgan fingerprint density at radius 2 is 1.69 bits per heavy atom. The molecule has 0 saturated heterocycles. The summed E-state index contributed by atoms with van der Waals surface area (Å²) in [5, 5.41) is 9.20. The second-order valence-electron chi connectivity index (χ2n) is 3.72. The Balaban J connectivity index is 3.05. The van der Waals surface area contributed by atoms with E-state index < -0.39 is 18.5 Å². The van der Waals surface area contributed by atoms with Gasteiger partial charge < -0.3 is 5.11 Å². The van der Waals surface area contributed by atoms with Crippen molar-refractivity contribution in [1.29, 1.82) is 0 Å². The summed E-state index contributed by atoms with van der Waals surface area (Å²) in [6, 6.07) is 4.02. The maximum absolute atomic E-state index is 12.9. The second kappa shape index (κ2) is 4.41. The maximum Gasteiger partial charge on any atom is 0.336 e. The predicted octanol–water partition coefficient (Wildman–Crippen LogP) is 3.24. The molecule has 0 fully saturated rings. The molecule has 0 amide bonds. The van der Waals surface area contributed by atoms with E-state index in [0.717, 1.165) is 5.56 Å². The van der Waals surface area contributed by atoms with Crippen LogP contribution in [0, 0.1) is 13.8 Å². The van der Waals surface area contributed by atoms with E-state index in [9.17, 15) is 22.7 Å². The fourth-order valence-electron chi connectivity index (χ4n) is 1.28. The van der Waals surface area contributed by atoms with Crippen LogP contribution < -0.4 is 0 Å². The Labute approximate surface area is 90.7 Å². The summed E-state index contributed by atoms with van der Waals surface area (Å²) in [7, 11) is 0. The molecule has 16 heavy (non-hydrogen) atoms. The Hall–Kier alpha value is -1.10. The van der Waals surface area contributed by atoms with Crippen LogP contribution in [0.2, 0.25) is 0 Å². The second-order valence-corrected chi connectivity index (χ2v) is 3.72. The first kappa shape index (κ1) is 13.0. The summed E-state index contributed by atoms with van der Waals surface area (Å²) in [6.07, 6.45) is -6.36. The molecule has 0 aromatic heterocycles. The van der Waals surface area contributed by atoms with Gasteiger partial charge in [-0.05, 0) is 30.5 Å². The zero-order valence-corrected chi connectivity index (χ0v) is 8.85. The van der Waals surface area contributed by atoms with E-state index in [1.165, 1.54) is 18.2 Å². The van der Waals surface area contributed by atoms with Crippen molar-refractivity contribution >= 4 is 0 Å². The number of alkyl halides is 4. The normalized spacial score (nSPS) is 14.2. The number of halogens is 4. The molecule has 0 heterocycles. The minimum Gasteiger partial charge on any atom is -0.382 e. The van der Waals surface area contributed by atoms with Gasteiger partial charge in [-0.3, -0.25) is 0 Å². The molecule has 5 heteroatoms. The fourth-order valence-corrected chi connectivity index (χ4v) is 1.28. The van der Waals surface area contributed by atoms with Crippen molar-refractivity contribution < 1.29 is 22.7 Å². The highest BCUT2D eigenvalue weighted by atomic mass is 19.3. The summed E-state index contributed by atoms with van der Waals surface area (Å²) in [5.74, 6) is -4.43. The van der Waals surface area contributed by atoms with Gasteiger partial charge in [-0.1, -0.05) is 18.2 Å². The van der Waals surface area contributed by atoms with Gasteiger partial charge in [0.15, 0.2) is 0 Å². The van der Waals surface area contributed by atoms with E-state index >= 15 is 0 Å². The molecule has 0 spiro atoms. The van der Waals surface area contributed by atoms with Crippen molar-refractivity contribution in [3.8, 4) is 0 Å².